The van der Waals surface area contributed by atoms with Crippen LogP contribution >= 0.6 is 11.8 Å². The topological polar surface area (TPSA) is 40.5 Å². The van der Waals surface area contributed by atoms with Crippen molar-refractivity contribution in [2.24, 2.45) is 0 Å². The molecular formula is C11H15NO2S. The second kappa shape index (κ2) is 5.78. The van der Waals surface area contributed by atoms with Gasteiger partial charge in [0.2, 0.25) is 0 Å². The van der Waals surface area contributed by atoms with Crippen molar-refractivity contribution in [3.05, 3.63) is 30.3 Å². The van der Waals surface area contributed by atoms with E-state index < -0.39 is 12.0 Å². The van der Waals surface area contributed by atoms with Crippen molar-refractivity contribution in [1.29, 1.82) is 0 Å². The predicted octanol–water partition coefficient (Wildman–Crippen LogP) is 1.79. The first-order valence-corrected chi connectivity index (χ1v) is 5.67. The van der Waals surface area contributed by atoms with E-state index in [2.05, 4.69) is 0 Å². The normalized spacial score (nSPS) is 12.7. The Morgan fingerprint density at radius 1 is 1.40 bits per heavy atom. The van der Waals surface area contributed by atoms with Crippen LogP contribution in [0.25, 0.3) is 0 Å². The molecule has 1 aromatic rings. The van der Waals surface area contributed by atoms with Gasteiger partial charge in [0.1, 0.15) is 6.04 Å². The highest BCUT2D eigenvalue weighted by molar-refractivity contribution is 7.99. The highest BCUT2D eigenvalue weighted by Gasteiger charge is 2.19. The summed E-state index contributed by atoms with van der Waals surface area (Å²) in [6.45, 7) is 0. The minimum absolute atomic E-state index is 0.435. The van der Waals surface area contributed by atoms with Crippen molar-refractivity contribution < 1.29 is 9.90 Å². The molecule has 0 heterocycles. The fourth-order valence-electron chi connectivity index (χ4n) is 1.13. The van der Waals surface area contributed by atoms with Crippen molar-refractivity contribution in [3.63, 3.8) is 0 Å². The largest absolute Gasteiger partial charge is 0.480 e. The molecule has 15 heavy (non-hydrogen) atoms. The maximum Gasteiger partial charge on any atom is 0.321 e. The van der Waals surface area contributed by atoms with Gasteiger partial charge >= 0.3 is 5.97 Å². The van der Waals surface area contributed by atoms with E-state index in [1.165, 1.54) is 0 Å². The summed E-state index contributed by atoms with van der Waals surface area (Å²) in [5, 5.41) is 8.97. The molecule has 0 spiro atoms. The van der Waals surface area contributed by atoms with Crippen molar-refractivity contribution in [1.82, 2.24) is 4.90 Å². The fourth-order valence-corrected chi connectivity index (χ4v) is 2.27. The molecule has 0 saturated heterocycles. The summed E-state index contributed by atoms with van der Waals surface area (Å²) in [7, 11) is 3.56. The van der Waals surface area contributed by atoms with Crippen LogP contribution in [0.5, 0.6) is 0 Å². The Balaban J connectivity index is 2.51. The zero-order valence-corrected chi connectivity index (χ0v) is 9.70. The lowest BCUT2D eigenvalue weighted by atomic mass is 10.3. The minimum atomic E-state index is -0.775. The van der Waals surface area contributed by atoms with Gasteiger partial charge in [-0.25, -0.2) is 0 Å². The highest BCUT2D eigenvalue weighted by Crippen LogP contribution is 2.19. The molecule has 4 heteroatoms. The number of hydrogen-bond acceptors (Lipinski definition) is 3. The molecule has 0 fully saturated rings. The molecule has 0 amide bonds. The number of nitrogens with zero attached hydrogens (tertiary/aromatic N) is 1. The van der Waals surface area contributed by atoms with Gasteiger partial charge in [-0.15, -0.1) is 11.8 Å². The smallest absolute Gasteiger partial charge is 0.321 e. The summed E-state index contributed by atoms with van der Waals surface area (Å²) >= 11 is 1.56. The molecule has 0 bridgehead atoms. The van der Waals surface area contributed by atoms with Crippen LogP contribution in [-0.4, -0.2) is 41.9 Å². The summed E-state index contributed by atoms with van der Waals surface area (Å²) in [6, 6.07) is 9.39. The molecule has 3 nitrogen and oxygen atoms in total. The molecule has 1 rings (SSSR count). The zero-order valence-electron chi connectivity index (χ0n) is 8.88. The second-order valence-electron chi connectivity index (χ2n) is 3.44. The number of carboxylic acids is 1. The first kappa shape index (κ1) is 12.1. The Hall–Kier alpha value is -1.00. The van der Waals surface area contributed by atoms with E-state index in [1.807, 2.05) is 30.3 Å². The number of aliphatic carboxylic acids is 1. The van der Waals surface area contributed by atoms with Gasteiger partial charge in [-0.1, -0.05) is 18.2 Å². The molecule has 0 radical (unpaired) electrons. The van der Waals surface area contributed by atoms with Crippen molar-refractivity contribution in [3.8, 4) is 0 Å². The van der Waals surface area contributed by atoms with Gasteiger partial charge < -0.3 is 5.11 Å². The van der Waals surface area contributed by atoms with Crippen LogP contribution in [-0.2, 0) is 4.79 Å². The summed E-state index contributed by atoms with van der Waals surface area (Å²) in [4.78, 5) is 13.7. The third-order valence-electron chi connectivity index (χ3n) is 2.06. The molecular weight excluding hydrogens is 210 g/mol. The van der Waals surface area contributed by atoms with Gasteiger partial charge in [0.05, 0.1) is 0 Å². The highest BCUT2D eigenvalue weighted by atomic mass is 32.2. The number of benzene rings is 1. The molecule has 0 aliphatic heterocycles. The number of rotatable bonds is 5. The first-order valence-electron chi connectivity index (χ1n) is 4.68. The number of likely N-dealkylation sites (N-methyl/N-ethyl adjacent to an activating group) is 1. The molecule has 1 N–H and O–H groups in total. The van der Waals surface area contributed by atoms with Crippen molar-refractivity contribution in [2.75, 3.05) is 19.8 Å². The maximum atomic E-state index is 10.9. The molecule has 0 saturated carbocycles. The molecule has 82 valence electrons. The van der Waals surface area contributed by atoms with Gasteiger partial charge in [-0.05, 0) is 26.2 Å². The minimum Gasteiger partial charge on any atom is -0.480 e. The lowest BCUT2D eigenvalue weighted by molar-refractivity contribution is -0.141. The first-order chi connectivity index (χ1) is 7.11. The van der Waals surface area contributed by atoms with E-state index >= 15 is 0 Å². The zero-order chi connectivity index (χ0) is 11.3. The maximum absolute atomic E-state index is 10.9. The van der Waals surface area contributed by atoms with Crippen LogP contribution in [0.2, 0.25) is 0 Å². The monoisotopic (exact) mass is 225 g/mol. The number of carboxylic acid groups (broad SMARTS) is 1. The number of thioether (sulfide) groups is 1. The Kier molecular flexibility index (Phi) is 4.65. The van der Waals surface area contributed by atoms with E-state index in [0.717, 1.165) is 4.90 Å². The lowest BCUT2D eigenvalue weighted by Crippen LogP contribution is -2.37. The summed E-state index contributed by atoms with van der Waals surface area (Å²) < 4.78 is 0. The summed E-state index contributed by atoms with van der Waals surface area (Å²) in [5.41, 5.74) is 0. The average Bonchev–Trinajstić information content (AvgIpc) is 2.18. The molecule has 1 atom stereocenters. The SMILES string of the molecule is CN(C)C(CSc1ccccc1)C(=O)O. The molecule has 0 aromatic heterocycles. The predicted molar refractivity (Wildman–Crippen MR) is 62.3 cm³/mol. The van der Waals surface area contributed by atoms with E-state index in [1.54, 1.807) is 30.8 Å². The van der Waals surface area contributed by atoms with Crippen LogP contribution in [0.3, 0.4) is 0 Å². The summed E-state index contributed by atoms with van der Waals surface area (Å²) in [5.74, 6) is -0.213. The second-order valence-corrected chi connectivity index (χ2v) is 4.54. The van der Waals surface area contributed by atoms with Crippen LogP contribution < -0.4 is 0 Å². The number of hydrogen-bond donors (Lipinski definition) is 1. The Labute approximate surface area is 94.1 Å². The van der Waals surface area contributed by atoms with Crippen LogP contribution in [0.1, 0.15) is 0 Å². The van der Waals surface area contributed by atoms with Crippen LogP contribution in [0.4, 0.5) is 0 Å². The fraction of sp³-hybridized carbons (Fsp3) is 0.364. The van der Waals surface area contributed by atoms with Crippen LogP contribution in [0.15, 0.2) is 35.2 Å². The van der Waals surface area contributed by atoms with Crippen molar-refractivity contribution in [2.45, 2.75) is 10.9 Å². The van der Waals surface area contributed by atoms with Gasteiger partial charge in [-0.3, -0.25) is 9.69 Å². The number of carbonyl (C=O) groups is 1. The molecule has 0 aliphatic carbocycles. The Bertz CT molecular complexity index is 314. The molecule has 1 unspecified atom stereocenters. The van der Waals surface area contributed by atoms with Gasteiger partial charge in [-0.2, -0.15) is 0 Å². The van der Waals surface area contributed by atoms with Gasteiger partial charge in [0.15, 0.2) is 0 Å². The van der Waals surface area contributed by atoms with Crippen LogP contribution in [0, 0.1) is 0 Å². The van der Waals surface area contributed by atoms with Gasteiger partial charge in [0.25, 0.3) is 0 Å². The van der Waals surface area contributed by atoms with E-state index in [4.69, 9.17) is 5.11 Å². The van der Waals surface area contributed by atoms with E-state index in [9.17, 15) is 4.79 Å². The molecule has 0 aliphatic rings. The third-order valence-corrected chi connectivity index (χ3v) is 3.15. The quantitative estimate of drug-likeness (QED) is 0.776. The van der Waals surface area contributed by atoms with E-state index in [-0.39, 0.29) is 0 Å². The van der Waals surface area contributed by atoms with E-state index in [0.29, 0.717) is 5.75 Å². The average molecular weight is 225 g/mol. The Morgan fingerprint density at radius 3 is 2.47 bits per heavy atom. The third kappa shape index (κ3) is 3.93. The van der Waals surface area contributed by atoms with Gasteiger partial charge in [0, 0.05) is 10.6 Å². The summed E-state index contributed by atoms with van der Waals surface area (Å²) in [6.07, 6.45) is 0. The lowest BCUT2D eigenvalue weighted by Gasteiger charge is -2.19. The Morgan fingerprint density at radius 2 is 2.00 bits per heavy atom. The standard InChI is InChI=1S/C11H15NO2S/c1-12(2)10(11(13)14)8-15-9-6-4-3-5-7-9/h3-7,10H,8H2,1-2H3,(H,13,14). The van der Waals surface area contributed by atoms with Crippen molar-refractivity contribution >= 4 is 17.7 Å². The molecule has 1 aromatic carbocycles.